The maximum Gasteiger partial charge on any atom is 0.225 e. The predicted molar refractivity (Wildman–Crippen MR) is 90.9 cm³/mol. The number of rotatable bonds is 7. The van der Waals surface area contributed by atoms with Crippen LogP contribution in [0.15, 0.2) is 24.3 Å². The number of nitrogens with one attached hydrogen (secondary N) is 1. The van der Waals surface area contributed by atoms with Gasteiger partial charge in [0.05, 0.1) is 5.92 Å². The van der Waals surface area contributed by atoms with Crippen LogP contribution >= 0.6 is 0 Å². The Morgan fingerprint density at radius 2 is 2.09 bits per heavy atom. The first-order chi connectivity index (χ1) is 11.0. The molecule has 1 aromatic carbocycles. The highest BCUT2D eigenvalue weighted by molar-refractivity contribution is 5.89. The lowest BCUT2D eigenvalue weighted by molar-refractivity contribution is -0.129. The minimum atomic E-state index is -0.217. The molecule has 1 heterocycles. The molecule has 1 atom stereocenters. The number of likely N-dealkylation sites (tertiary alicyclic amines) is 1. The van der Waals surface area contributed by atoms with Crippen molar-refractivity contribution in [2.45, 2.75) is 26.3 Å². The van der Waals surface area contributed by atoms with Gasteiger partial charge in [-0.2, -0.15) is 0 Å². The molecule has 1 N–H and O–H groups in total. The third-order valence-corrected chi connectivity index (χ3v) is 4.29. The van der Waals surface area contributed by atoms with E-state index >= 15 is 0 Å². The number of amides is 2. The van der Waals surface area contributed by atoms with E-state index in [0.717, 1.165) is 18.5 Å². The molecule has 126 valence electrons. The van der Waals surface area contributed by atoms with Crippen molar-refractivity contribution in [1.29, 1.82) is 0 Å². The summed E-state index contributed by atoms with van der Waals surface area (Å²) < 4.78 is 0. The smallest absolute Gasteiger partial charge is 0.225 e. The van der Waals surface area contributed by atoms with Crippen LogP contribution in [0.4, 0.5) is 0 Å². The lowest BCUT2D eigenvalue weighted by atomic mass is 10.1. The minimum absolute atomic E-state index is 0.00406. The Kier molecular flexibility index (Phi) is 6.16. The van der Waals surface area contributed by atoms with Gasteiger partial charge in [0, 0.05) is 26.1 Å². The average Bonchev–Trinajstić information content (AvgIpc) is 2.87. The first kappa shape index (κ1) is 17.5. The van der Waals surface area contributed by atoms with Crippen LogP contribution in [0.3, 0.4) is 0 Å². The zero-order valence-electron chi connectivity index (χ0n) is 14.3. The fraction of sp³-hybridized carbons (Fsp3) is 0.556. The Morgan fingerprint density at radius 1 is 1.35 bits per heavy atom. The summed E-state index contributed by atoms with van der Waals surface area (Å²) in [5, 5.41) is 2.95. The molecule has 0 saturated carbocycles. The summed E-state index contributed by atoms with van der Waals surface area (Å²) in [4.78, 5) is 28.3. The first-order valence-electron chi connectivity index (χ1n) is 8.22. The molecule has 0 radical (unpaired) electrons. The molecule has 1 saturated heterocycles. The molecule has 5 heteroatoms. The van der Waals surface area contributed by atoms with Gasteiger partial charge in [-0.05, 0) is 45.1 Å². The van der Waals surface area contributed by atoms with Crippen molar-refractivity contribution in [2.24, 2.45) is 5.92 Å². The number of hydrogen-bond donors (Lipinski definition) is 1. The molecule has 0 aromatic heterocycles. The molecule has 5 nitrogen and oxygen atoms in total. The Bertz CT molecular complexity index is 557. The second-order valence-corrected chi connectivity index (χ2v) is 6.55. The third-order valence-electron chi connectivity index (χ3n) is 4.29. The maximum absolute atomic E-state index is 12.2. The van der Waals surface area contributed by atoms with E-state index in [4.69, 9.17) is 0 Å². The van der Waals surface area contributed by atoms with Gasteiger partial charge in [-0.1, -0.05) is 24.3 Å². The molecular formula is C18H27N3O2. The quantitative estimate of drug-likeness (QED) is 0.774. The van der Waals surface area contributed by atoms with E-state index in [1.807, 2.05) is 45.3 Å². The van der Waals surface area contributed by atoms with E-state index in [0.29, 0.717) is 26.1 Å². The Hall–Kier alpha value is -1.88. The fourth-order valence-corrected chi connectivity index (χ4v) is 2.84. The van der Waals surface area contributed by atoms with Crippen molar-refractivity contribution in [3.05, 3.63) is 35.4 Å². The summed E-state index contributed by atoms with van der Waals surface area (Å²) in [6.07, 6.45) is 1.25. The molecule has 1 aliphatic heterocycles. The number of nitrogens with zero attached hydrogens (tertiary/aromatic N) is 2. The van der Waals surface area contributed by atoms with Gasteiger partial charge in [0.1, 0.15) is 0 Å². The normalized spacial score (nSPS) is 17.8. The standard InChI is InChI=1S/C18H27N3O2/c1-14-7-4-5-8-15(14)12-21-13-16(11-17(21)22)18(23)19-9-6-10-20(2)3/h4-5,7-8,16H,6,9-13H2,1-3H3,(H,19,23). The van der Waals surface area contributed by atoms with Crippen molar-refractivity contribution in [3.8, 4) is 0 Å². The Balaban J connectivity index is 1.82. The predicted octanol–water partition coefficient (Wildman–Crippen LogP) is 1.41. The van der Waals surface area contributed by atoms with E-state index in [1.54, 1.807) is 4.90 Å². The summed E-state index contributed by atoms with van der Waals surface area (Å²) in [5.41, 5.74) is 2.32. The van der Waals surface area contributed by atoms with Crippen LogP contribution in [0.2, 0.25) is 0 Å². The number of carbonyl (C=O) groups excluding carboxylic acids is 2. The highest BCUT2D eigenvalue weighted by Gasteiger charge is 2.34. The minimum Gasteiger partial charge on any atom is -0.356 e. The zero-order valence-corrected chi connectivity index (χ0v) is 14.3. The van der Waals surface area contributed by atoms with Gasteiger partial charge in [0.25, 0.3) is 0 Å². The first-order valence-corrected chi connectivity index (χ1v) is 8.22. The molecule has 1 unspecified atom stereocenters. The molecule has 1 fully saturated rings. The van der Waals surface area contributed by atoms with Crippen LogP contribution in [-0.4, -0.2) is 55.3 Å². The van der Waals surface area contributed by atoms with Gasteiger partial charge in [0.15, 0.2) is 0 Å². The molecule has 1 aromatic rings. The molecule has 0 spiro atoms. The Labute approximate surface area is 138 Å². The van der Waals surface area contributed by atoms with Crippen LogP contribution in [0.25, 0.3) is 0 Å². The maximum atomic E-state index is 12.2. The average molecular weight is 317 g/mol. The van der Waals surface area contributed by atoms with Gasteiger partial charge in [0.2, 0.25) is 11.8 Å². The monoisotopic (exact) mass is 317 g/mol. The van der Waals surface area contributed by atoms with E-state index in [1.165, 1.54) is 5.56 Å². The number of benzene rings is 1. The topological polar surface area (TPSA) is 52.7 Å². The van der Waals surface area contributed by atoms with Crippen molar-refractivity contribution in [2.75, 3.05) is 33.7 Å². The SMILES string of the molecule is Cc1ccccc1CN1CC(C(=O)NCCCN(C)C)CC1=O. The molecule has 2 amide bonds. The molecule has 1 aliphatic rings. The summed E-state index contributed by atoms with van der Waals surface area (Å²) in [5.74, 6) is -0.142. The van der Waals surface area contributed by atoms with Crippen LogP contribution in [0.5, 0.6) is 0 Å². The van der Waals surface area contributed by atoms with Gasteiger partial charge in [-0.25, -0.2) is 0 Å². The van der Waals surface area contributed by atoms with Gasteiger partial charge in [-0.3, -0.25) is 9.59 Å². The summed E-state index contributed by atoms with van der Waals surface area (Å²) in [6.45, 7) is 4.77. The van der Waals surface area contributed by atoms with Gasteiger partial charge >= 0.3 is 0 Å². The molecule has 23 heavy (non-hydrogen) atoms. The molecular weight excluding hydrogens is 290 g/mol. The second kappa shape index (κ2) is 8.11. The van der Waals surface area contributed by atoms with Crippen LogP contribution in [0.1, 0.15) is 24.0 Å². The Morgan fingerprint density at radius 3 is 2.78 bits per heavy atom. The summed E-state index contributed by atoms with van der Waals surface area (Å²) in [7, 11) is 4.03. The van der Waals surface area contributed by atoms with Gasteiger partial charge < -0.3 is 15.1 Å². The number of hydrogen-bond acceptors (Lipinski definition) is 3. The summed E-state index contributed by atoms with van der Waals surface area (Å²) >= 11 is 0. The van der Waals surface area contributed by atoms with Crippen molar-refractivity contribution < 1.29 is 9.59 Å². The van der Waals surface area contributed by atoms with E-state index in [-0.39, 0.29) is 17.7 Å². The van der Waals surface area contributed by atoms with Crippen molar-refractivity contribution in [3.63, 3.8) is 0 Å². The molecule has 2 rings (SSSR count). The number of aryl methyl sites for hydroxylation is 1. The van der Waals surface area contributed by atoms with Crippen LogP contribution in [-0.2, 0) is 16.1 Å². The number of carbonyl (C=O) groups is 2. The van der Waals surface area contributed by atoms with Crippen LogP contribution in [0, 0.1) is 12.8 Å². The fourth-order valence-electron chi connectivity index (χ4n) is 2.84. The highest BCUT2D eigenvalue weighted by atomic mass is 16.2. The largest absolute Gasteiger partial charge is 0.356 e. The van der Waals surface area contributed by atoms with E-state index in [9.17, 15) is 9.59 Å². The zero-order chi connectivity index (χ0) is 16.8. The molecule has 0 aliphatic carbocycles. The lowest BCUT2D eigenvalue weighted by Gasteiger charge is -2.18. The van der Waals surface area contributed by atoms with Crippen molar-refractivity contribution >= 4 is 11.8 Å². The van der Waals surface area contributed by atoms with Crippen LogP contribution < -0.4 is 5.32 Å². The second-order valence-electron chi connectivity index (χ2n) is 6.55. The van der Waals surface area contributed by atoms with E-state index < -0.39 is 0 Å². The van der Waals surface area contributed by atoms with Gasteiger partial charge in [-0.15, -0.1) is 0 Å². The molecule has 0 bridgehead atoms. The summed E-state index contributed by atoms with van der Waals surface area (Å²) in [6, 6.07) is 8.06. The highest BCUT2D eigenvalue weighted by Crippen LogP contribution is 2.21. The van der Waals surface area contributed by atoms with E-state index in [2.05, 4.69) is 10.2 Å². The third kappa shape index (κ3) is 5.06. The van der Waals surface area contributed by atoms with Crippen molar-refractivity contribution in [1.82, 2.24) is 15.1 Å². The lowest BCUT2D eigenvalue weighted by Crippen LogP contribution is -2.34.